The molecule has 1 amide bonds. The molecule has 2 atom stereocenters. The molecule has 118 valence electrons. The lowest BCUT2D eigenvalue weighted by Crippen LogP contribution is -2.46. The van der Waals surface area contributed by atoms with Crippen LogP contribution in [0.5, 0.6) is 0 Å². The SMILES string of the molecule is CCCN(CCC)CCCC(=O)NC1CCNC(C)C1. The number of hydrogen-bond acceptors (Lipinski definition) is 3. The summed E-state index contributed by atoms with van der Waals surface area (Å²) in [5.74, 6) is 0.233. The Morgan fingerprint density at radius 2 is 1.95 bits per heavy atom. The van der Waals surface area contributed by atoms with Crippen molar-refractivity contribution >= 4 is 5.91 Å². The Bertz CT molecular complexity index is 264. The van der Waals surface area contributed by atoms with Gasteiger partial charge in [0, 0.05) is 18.5 Å². The summed E-state index contributed by atoms with van der Waals surface area (Å²) in [6.45, 7) is 11.0. The van der Waals surface area contributed by atoms with E-state index in [4.69, 9.17) is 0 Å². The van der Waals surface area contributed by atoms with Gasteiger partial charge < -0.3 is 15.5 Å². The normalized spacial score (nSPS) is 23.0. The second kappa shape index (κ2) is 10.2. The highest BCUT2D eigenvalue weighted by Crippen LogP contribution is 2.08. The lowest BCUT2D eigenvalue weighted by atomic mass is 10.0. The van der Waals surface area contributed by atoms with Gasteiger partial charge in [-0.15, -0.1) is 0 Å². The third kappa shape index (κ3) is 7.25. The minimum atomic E-state index is 0.233. The third-order valence-electron chi connectivity index (χ3n) is 3.95. The number of rotatable bonds is 9. The number of piperidine rings is 1. The smallest absolute Gasteiger partial charge is 0.220 e. The van der Waals surface area contributed by atoms with Crippen molar-refractivity contribution in [3.63, 3.8) is 0 Å². The zero-order chi connectivity index (χ0) is 14.8. The van der Waals surface area contributed by atoms with Crippen molar-refractivity contribution in [2.24, 2.45) is 0 Å². The van der Waals surface area contributed by atoms with E-state index in [0.717, 1.165) is 45.4 Å². The maximum atomic E-state index is 12.0. The van der Waals surface area contributed by atoms with Crippen molar-refractivity contribution in [3.8, 4) is 0 Å². The topological polar surface area (TPSA) is 44.4 Å². The van der Waals surface area contributed by atoms with Crippen LogP contribution in [0.1, 0.15) is 59.3 Å². The molecule has 4 nitrogen and oxygen atoms in total. The Labute approximate surface area is 124 Å². The van der Waals surface area contributed by atoms with Crippen molar-refractivity contribution in [3.05, 3.63) is 0 Å². The monoisotopic (exact) mass is 283 g/mol. The highest BCUT2D eigenvalue weighted by atomic mass is 16.1. The highest BCUT2D eigenvalue weighted by molar-refractivity contribution is 5.76. The molecule has 20 heavy (non-hydrogen) atoms. The van der Waals surface area contributed by atoms with Crippen molar-refractivity contribution in [1.82, 2.24) is 15.5 Å². The van der Waals surface area contributed by atoms with E-state index < -0.39 is 0 Å². The van der Waals surface area contributed by atoms with Gasteiger partial charge in [0.1, 0.15) is 0 Å². The molecule has 1 rings (SSSR count). The maximum Gasteiger partial charge on any atom is 0.220 e. The van der Waals surface area contributed by atoms with E-state index in [-0.39, 0.29) is 5.91 Å². The first kappa shape index (κ1) is 17.4. The minimum absolute atomic E-state index is 0.233. The Morgan fingerprint density at radius 3 is 2.55 bits per heavy atom. The molecule has 0 aromatic rings. The standard InChI is InChI=1S/C16H33N3O/c1-4-10-19(11-5-2)12-6-7-16(20)18-15-8-9-17-14(3)13-15/h14-15,17H,4-13H2,1-3H3,(H,18,20). The van der Waals surface area contributed by atoms with Gasteiger partial charge in [-0.3, -0.25) is 4.79 Å². The summed E-state index contributed by atoms with van der Waals surface area (Å²) in [5.41, 5.74) is 0. The summed E-state index contributed by atoms with van der Waals surface area (Å²) in [7, 11) is 0. The average molecular weight is 283 g/mol. The Kier molecular flexibility index (Phi) is 8.86. The van der Waals surface area contributed by atoms with Crippen molar-refractivity contribution in [1.29, 1.82) is 0 Å². The van der Waals surface area contributed by atoms with E-state index in [9.17, 15) is 4.79 Å². The number of nitrogens with one attached hydrogen (secondary N) is 2. The zero-order valence-corrected chi connectivity index (χ0v) is 13.6. The fraction of sp³-hybridized carbons (Fsp3) is 0.938. The molecule has 1 aliphatic heterocycles. The van der Waals surface area contributed by atoms with E-state index in [2.05, 4.69) is 36.3 Å². The highest BCUT2D eigenvalue weighted by Gasteiger charge is 2.19. The Balaban J connectivity index is 2.15. The summed E-state index contributed by atoms with van der Waals surface area (Å²) in [6, 6.07) is 0.903. The van der Waals surface area contributed by atoms with Crippen LogP contribution in [0.15, 0.2) is 0 Å². The van der Waals surface area contributed by atoms with Gasteiger partial charge >= 0.3 is 0 Å². The van der Waals surface area contributed by atoms with Gasteiger partial charge in [-0.2, -0.15) is 0 Å². The van der Waals surface area contributed by atoms with Crippen molar-refractivity contribution < 1.29 is 4.79 Å². The number of amides is 1. The molecule has 0 bridgehead atoms. The van der Waals surface area contributed by atoms with Gasteiger partial charge in [0.2, 0.25) is 5.91 Å². The number of carbonyl (C=O) groups excluding carboxylic acids is 1. The first-order chi connectivity index (χ1) is 9.65. The molecule has 1 aliphatic rings. The van der Waals surface area contributed by atoms with Crippen LogP contribution in [0.25, 0.3) is 0 Å². The van der Waals surface area contributed by atoms with E-state index >= 15 is 0 Å². The molecule has 1 saturated heterocycles. The van der Waals surface area contributed by atoms with Gasteiger partial charge in [0.15, 0.2) is 0 Å². The van der Waals surface area contributed by atoms with Crippen LogP contribution in [0, 0.1) is 0 Å². The molecule has 1 heterocycles. The average Bonchev–Trinajstić information content (AvgIpc) is 2.39. The number of nitrogens with zero attached hydrogens (tertiary/aromatic N) is 1. The molecule has 0 saturated carbocycles. The third-order valence-corrected chi connectivity index (χ3v) is 3.95. The molecule has 0 radical (unpaired) electrons. The molecular weight excluding hydrogens is 250 g/mol. The van der Waals surface area contributed by atoms with Crippen LogP contribution in [-0.4, -0.2) is 49.1 Å². The van der Waals surface area contributed by atoms with E-state index in [1.807, 2.05) is 0 Å². The molecule has 0 aromatic heterocycles. The van der Waals surface area contributed by atoms with Crippen LogP contribution < -0.4 is 10.6 Å². The molecule has 0 aliphatic carbocycles. The molecule has 0 aromatic carbocycles. The van der Waals surface area contributed by atoms with Crippen LogP contribution in [-0.2, 0) is 4.79 Å². The van der Waals surface area contributed by atoms with Crippen LogP contribution >= 0.6 is 0 Å². The summed E-state index contributed by atoms with van der Waals surface area (Å²) in [5, 5.41) is 6.60. The molecule has 2 N–H and O–H groups in total. The summed E-state index contributed by atoms with van der Waals surface area (Å²) in [6.07, 6.45) is 6.16. The second-order valence-corrected chi connectivity index (χ2v) is 6.09. The molecular formula is C16H33N3O. The van der Waals surface area contributed by atoms with Crippen LogP contribution in [0.2, 0.25) is 0 Å². The fourth-order valence-electron chi connectivity index (χ4n) is 2.99. The Hall–Kier alpha value is -0.610. The van der Waals surface area contributed by atoms with Gasteiger partial charge in [-0.05, 0) is 65.2 Å². The molecule has 2 unspecified atom stereocenters. The van der Waals surface area contributed by atoms with Gasteiger partial charge in [0.05, 0.1) is 0 Å². The van der Waals surface area contributed by atoms with Crippen LogP contribution in [0.4, 0.5) is 0 Å². The maximum absolute atomic E-state index is 12.0. The van der Waals surface area contributed by atoms with Crippen molar-refractivity contribution in [2.75, 3.05) is 26.2 Å². The molecule has 0 spiro atoms. The van der Waals surface area contributed by atoms with Crippen molar-refractivity contribution in [2.45, 2.75) is 71.4 Å². The summed E-state index contributed by atoms with van der Waals surface area (Å²) < 4.78 is 0. The van der Waals surface area contributed by atoms with Gasteiger partial charge in [-0.25, -0.2) is 0 Å². The van der Waals surface area contributed by atoms with E-state index in [1.54, 1.807) is 0 Å². The van der Waals surface area contributed by atoms with Crippen LogP contribution in [0.3, 0.4) is 0 Å². The van der Waals surface area contributed by atoms with Gasteiger partial charge in [0.25, 0.3) is 0 Å². The van der Waals surface area contributed by atoms with E-state index in [1.165, 1.54) is 12.8 Å². The fourth-order valence-corrected chi connectivity index (χ4v) is 2.99. The first-order valence-corrected chi connectivity index (χ1v) is 8.40. The lowest BCUT2D eigenvalue weighted by Gasteiger charge is -2.28. The zero-order valence-electron chi connectivity index (χ0n) is 13.6. The predicted molar refractivity (Wildman–Crippen MR) is 84.9 cm³/mol. The largest absolute Gasteiger partial charge is 0.353 e. The lowest BCUT2D eigenvalue weighted by molar-refractivity contribution is -0.122. The first-order valence-electron chi connectivity index (χ1n) is 8.40. The minimum Gasteiger partial charge on any atom is -0.353 e. The predicted octanol–water partition coefficient (Wildman–Crippen LogP) is 2.15. The quantitative estimate of drug-likeness (QED) is 0.681. The number of hydrogen-bond donors (Lipinski definition) is 2. The summed E-state index contributed by atoms with van der Waals surface area (Å²) >= 11 is 0. The summed E-state index contributed by atoms with van der Waals surface area (Å²) in [4.78, 5) is 14.4. The molecule has 1 fully saturated rings. The Morgan fingerprint density at radius 1 is 1.25 bits per heavy atom. The molecule has 4 heteroatoms. The number of carbonyl (C=O) groups is 1. The van der Waals surface area contributed by atoms with Gasteiger partial charge in [-0.1, -0.05) is 13.8 Å². The van der Waals surface area contributed by atoms with E-state index in [0.29, 0.717) is 18.5 Å². The second-order valence-electron chi connectivity index (χ2n) is 6.09.